The second kappa shape index (κ2) is 11.6. The molecule has 1 N–H and O–H groups in total. The van der Waals surface area contributed by atoms with Crippen molar-refractivity contribution in [2.24, 2.45) is 0 Å². The Hall–Kier alpha value is -2.59. The zero-order chi connectivity index (χ0) is 26.5. The Kier molecular flexibility index (Phi) is 9.05. The maximum atomic E-state index is 11.4. The molecule has 0 spiro atoms. The Morgan fingerprint density at radius 3 is 2.11 bits per heavy atom. The average molecular weight is 493 g/mol. The largest absolute Gasteiger partial charge is 0.489 e. The summed E-state index contributed by atoms with van der Waals surface area (Å²) in [5.41, 5.74) is 6.37. The fourth-order valence-corrected chi connectivity index (χ4v) is 5.56. The highest BCUT2D eigenvalue weighted by Crippen LogP contribution is 2.41. The van der Waals surface area contributed by atoms with Gasteiger partial charge in [-0.15, -0.1) is 0 Å². The average Bonchev–Trinajstić information content (AvgIpc) is 3.29. The van der Waals surface area contributed by atoms with E-state index in [0.717, 1.165) is 36.1 Å². The molecule has 1 heterocycles. The molecule has 0 aliphatic carbocycles. The fraction of sp³-hybridized carbons (Fsp3) is 0.531. The number of esters is 1. The molecule has 0 radical (unpaired) electrons. The molecule has 0 unspecified atom stereocenters. The Morgan fingerprint density at radius 2 is 1.61 bits per heavy atom. The number of hydrogen-bond acceptors (Lipinski definition) is 4. The Labute approximate surface area is 217 Å². The van der Waals surface area contributed by atoms with Gasteiger partial charge in [-0.05, 0) is 98.4 Å². The first-order valence-electron chi connectivity index (χ1n) is 13.6. The van der Waals surface area contributed by atoms with Gasteiger partial charge >= 0.3 is 5.97 Å². The van der Waals surface area contributed by atoms with Crippen molar-refractivity contribution in [3.63, 3.8) is 0 Å². The van der Waals surface area contributed by atoms with E-state index < -0.39 is 5.60 Å². The molecule has 0 saturated carbocycles. The van der Waals surface area contributed by atoms with E-state index in [1.165, 1.54) is 22.3 Å². The highest BCUT2D eigenvalue weighted by Gasteiger charge is 2.32. The molecule has 3 rings (SSSR count). The number of carbonyl (C=O) groups is 1. The predicted molar refractivity (Wildman–Crippen MR) is 148 cm³/mol. The number of hydrogen-bond donors (Lipinski definition) is 1. The van der Waals surface area contributed by atoms with Crippen LogP contribution in [0.25, 0.3) is 5.57 Å². The van der Waals surface area contributed by atoms with Crippen LogP contribution < -0.4 is 4.74 Å². The van der Waals surface area contributed by atoms with Crippen molar-refractivity contribution in [2.45, 2.75) is 104 Å². The summed E-state index contributed by atoms with van der Waals surface area (Å²) in [7, 11) is 0. The molecular formula is C32H44O4. The van der Waals surface area contributed by atoms with Gasteiger partial charge in [-0.3, -0.25) is 4.79 Å². The standard InChI is InChI=1S/C32H44O4/c1-8-31(34,9-2)20-24(7)28-15-12-25(18-22(28)5)32(10-3,11-4)26-13-16-29(23(6)19-26)35-21-27-14-17-30(33)36-27/h12-13,15-16,18-20,27,34H,8-11,14,17,21H2,1-7H3/b24-20+/t27-/m0/s1. The second-order valence-corrected chi connectivity index (χ2v) is 10.4. The molecule has 0 bridgehead atoms. The van der Waals surface area contributed by atoms with Gasteiger partial charge in [-0.25, -0.2) is 0 Å². The molecule has 2 aromatic carbocycles. The van der Waals surface area contributed by atoms with E-state index >= 15 is 0 Å². The van der Waals surface area contributed by atoms with E-state index in [0.29, 0.717) is 25.9 Å². The summed E-state index contributed by atoms with van der Waals surface area (Å²) >= 11 is 0. The summed E-state index contributed by atoms with van der Waals surface area (Å²) in [6.45, 7) is 15.3. The van der Waals surface area contributed by atoms with Gasteiger partial charge in [0.2, 0.25) is 0 Å². The lowest BCUT2D eigenvalue weighted by Gasteiger charge is -2.34. The molecule has 1 atom stereocenters. The van der Waals surface area contributed by atoms with Crippen LogP contribution in [0.3, 0.4) is 0 Å². The van der Waals surface area contributed by atoms with E-state index in [-0.39, 0.29) is 17.5 Å². The van der Waals surface area contributed by atoms with Gasteiger partial charge in [0.05, 0.1) is 5.60 Å². The van der Waals surface area contributed by atoms with Gasteiger partial charge in [0.25, 0.3) is 0 Å². The maximum Gasteiger partial charge on any atom is 0.306 e. The minimum Gasteiger partial charge on any atom is -0.489 e. The third kappa shape index (κ3) is 5.86. The molecule has 1 saturated heterocycles. The predicted octanol–water partition coefficient (Wildman–Crippen LogP) is 7.45. The molecule has 0 amide bonds. The zero-order valence-electron chi connectivity index (χ0n) is 23.2. The van der Waals surface area contributed by atoms with Crippen LogP contribution in [-0.4, -0.2) is 29.4 Å². The van der Waals surface area contributed by atoms with Crippen LogP contribution in [0.4, 0.5) is 0 Å². The van der Waals surface area contributed by atoms with Gasteiger partial charge in [0.15, 0.2) is 0 Å². The van der Waals surface area contributed by atoms with Crippen molar-refractivity contribution in [3.05, 3.63) is 70.3 Å². The summed E-state index contributed by atoms with van der Waals surface area (Å²) in [6.07, 6.45) is 6.47. The first kappa shape index (κ1) is 28.0. The monoisotopic (exact) mass is 492 g/mol. The highest BCUT2D eigenvalue weighted by molar-refractivity contribution is 5.71. The SMILES string of the molecule is CCC(O)(/C=C(\C)c1ccc(C(CC)(CC)c2ccc(OC[C@@H]3CCC(=O)O3)c(C)c2)cc1C)CC. The number of aliphatic hydroxyl groups is 1. The van der Waals surface area contributed by atoms with Crippen molar-refractivity contribution in [3.8, 4) is 5.75 Å². The van der Waals surface area contributed by atoms with E-state index in [1.54, 1.807) is 0 Å². The number of allylic oxidation sites excluding steroid dienone is 1. The Morgan fingerprint density at radius 1 is 1.00 bits per heavy atom. The van der Waals surface area contributed by atoms with Crippen LogP contribution in [0.15, 0.2) is 42.5 Å². The van der Waals surface area contributed by atoms with Gasteiger partial charge in [0.1, 0.15) is 18.5 Å². The minimum absolute atomic E-state index is 0.0985. The van der Waals surface area contributed by atoms with Crippen molar-refractivity contribution in [2.75, 3.05) is 6.61 Å². The smallest absolute Gasteiger partial charge is 0.306 e. The molecule has 0 aromatic heterocycles. The van der Waals surface area contributed by atoms with Crippen LogP contribution in [0.2, 0.25) is 0 Å². The number of benzene rings is 2. The van der Waals surface area contributed by atoms with E-state index in [1.807, 2.05) is 19.9 Å². The summed E-state index contributed by atoms with van der Waals surface area (Å²) in [6, 6.07) is 13.3. The fourth-order valence-electron chi connectivity index (χ4n) is 5.56. The van der Waals surface area contributed by atoms with Gasteiger partial charge in [0, 0.05) is 11.8 Å². The lowest BCUT2D eigenvalue weighted by atomic mass is 9.69. The van der Waals surface area contributed by atoms with Crippen LogP contribution in [0.1, 0.15) is 101 Å². The van der Waals surface area contributed by atoms with Crippen molar-refractivity contribution in [1.82, 2.24) is 0 Å². The number of carbonyl (C=O) groups excluding carboxylic acids is 1. The lowest BCUT2D eigenvalue weighted by Crippen LogP contribution is -2.26. The number of rotatable bonds is 11. The number of cyclic esters (lactones) is 1. The minimum atomic E-state index is -0.757. The highest BCUT2D eigenvalue weighted by atomic mass is 16.6. The molecule has 4 nitrogen and oxygen atoms in total. The lowest BCUT2D eigenvalue weighted by molar-refractivity contribution is -0.142. The molecule has 36 heavy (non-hydrogen) atoms. The molecule has 196 valence electrons. The summed E-state index contributed by atoms with van der Waals surface area (Å²) in [5.74, 6) is 0.708. The molecule has 4 heteroatoms. The third-order valence-corrected chi connectivity index (χ3v) is 8.24. The second-order valence-electron chi connectivity index (χ2n) is 10.4. The first-order chi connectivity index (χ1) is 17.1. The summed E-state index contributed by atoms with van der Waals surface area (Å²) in [4.78, 5) is 11.4. The number of ether oxygens (including phenoxy) is 2. The van der Waals surface area contributed by atoms with E-state index in [9.17, 15) is 9.90 Å². The summed E-state index contributed by atoms with van der Waals surface area (Å²) in [5, 5.41) is 10.8. The van der Waals surface area contributed by atoms with Crippen LogP contribution >= 0.6 is 0 Å². The van der Waals surface area contributed by atoms with Crippen molar-refractivity contribution < 1.29 is 19.4 Å². The van der Waals surface area contributed by atoms with Gasteiger partial charge < -0.3 is 14.6 Å². The third-order valence-electron chi connectivity index (χ3n) is 8.24. The Balaban J connectivity index is 1.89. The van der Waals surface area contributed by atoms with Crippen LogP contribution in [0.5, 0.6) is 5.75 Å². The van der Waals surface area contributed by atoms with Crippen molar-refractivity contribution >= 4 is 11.5 Å². The quantitative estimate of drug-likeness (QED) is 0.331. The van der Waals surface area contributed by atoms with Crippen LogP contribution in [0, 0.1) is 13.8 Å². The first-order valence-corrected chi connectivity index (χ1v) is 13.6. The number of aryl methyl sites for hydroxylation is 2. The van der Waals surface area contributed by atoms with Gasteiger partial charge in [-0.1, -0.05) is 58.0 Å². The zero-order valence-corrected chi connectivity index (χ0v) is 23.2. The molecule has 2 aromatic rings. The van der Waals surface area contributed by atoms with Crippen LogP contribution in [-0.2, 0) is 14.9 Å². The molecule has 1 aliphatic heterocycles. The molecule has 1 fully saturated rings. The van der Waals surface area contributed by atoms with E-state index in [2.05, 4.69) is 71.0 Å². The maximum absolute atomic E-state index is 11.4. The summed E-state index contributed by atoms with van der Waals surface area (Å²) < 4.78 is 11.3. The molecular weight excluding hydrogens is 448 g/mol. The van der Waals surface area contributed by atoms with E-state index in [4.69, 9.17) is 9.47 Å². The van der Waals surface area contributed by atoms with Gasteiger partial charge in [-0.2, -0.15) is 0 Å². The Bertz CT molecular complexity index is 1090. The van der Waals surface area contributed by atoms with Crippen molar-refractivity contribution in [1.29, 1.82) is 0 Å². The normalized spacial score (nSPS) is 16.8. The molecule has 1 aliphatic rings. The topological polar surface area (TPSA) is 55.8 Å².